The largest absolute Gasteiger partial charge is 0.476 e. The monoisotopic (exact) mass is 913 g/mol. The van der Waals surface area contributed by atoms with E-state index >= 15 is 0 Å². The number of anilines is 1. The van der Waals surface area contributed by atoms with Crippen LogP contribution in [0.3, 0.4) is 0 Å². The number of pyridine rings is 2. The van der Waals surface area contributed by atoms with Gasteiger partial charge >= 0.3 is 12.3 Å². The van der Waals surface area contributed by atoms with Crippen LogP contribution in [0.4, 0.5) is 23.8 Å². The topological polar surface area (TPSA) is 167 Å². The summed E-state index contributed by atoms with van der Waals surface area (Å²) < 4.78 is 90.0. The molecule has 1 aliphatic heterocycles. The van der Waals surface area contributed by atoms with E-state index in [0.29, 0.717) is 18.9 Å². The van der Waals surface area contributed by atoms with Crippen LogP contribution < -0.4 is 14.8 Å². The van der Waals surface area contributed by atoms with Crippen LogP contribution in [-0.2, 0) is 19.2 Å². The van der Waals surface area contributed by atoms with E-state index in [4.69, 9.17) is 25.5 Å². The number of carbonyl (C=O) groups excluding carboxylic acids is 2. The SMILES string of the molecule is CC(C)(C)OC(=O)N1C[C@@H](CCCNc2cccc(S(=O)(=O)NC(=O)c3ccc(-n4ccc(OCCC(O[Si](C)(C)C(C)(C)C)C5(C(F)(F)F)CC5)n4)nc3Cl)n2)CC1(C)C. The highest BCUT2D eigenvalue weighted by atomic mass is 35.5. The van der Waals surface area contributed by atoms with Gasteiger partial charge in [-0.3, -0.25) is 4.79 Å². The number of halogens is 4. The summed E-state index contributed by atoms with van der Waals surface area (Å²) in [6.07, 6.45) is -1.83. The van der Waals surface area contributed by atoms with Gasteiger partial charge in [0.2, 0.25) is 5.88 Å². The summed E-state index contributed by atoms with van der Waals surface area (Å²) >= 11 is 6.36. The third-order valence-corrected chi connectivity index (χ3v) is 17.6. The normalized spacial score (nSPS) is 18.4. The van der Waals surface area contributed by atoms with Crippen LogP contribution in [0.25, 0.3) is 5.82 Å². The molecule has 1 aliphatic carbocycles. The fourth-order valence-corrected chi connectivity index (χ4v) is 9.70. The molecule has 2 aliphatic rings. The number of alkyl halides is 3. The Hall–Kier alpha value is -3.94. The van der Waals surface area contributed by atoms with E-state index in [1.54, 1.807) is 11.0 Å². The molecule has 0 bridgehead atoms. The molecular weight excluding hydrogens is 855 g/mol. The second-order valence-corrected chi connectivity index (χ2v) is 25.8. The molecule has 3 aromatic rings. The minimum absolute atomic E-state index is 0.0135. The first-order valence-corrected chi connectivity index (χ1v) is 25.2. The second kappa shape index (κ2) is 17.7. The fraction of sp³-hybridized carbons (Fsp3) is 0.634. The molecule has 1 unspecified atom stereocenters. The Morgan fingerprint density at radius 1 is 1.03 bits per heavy atom. The average Bonchev–Trinajstić information content (AvgIpc) is 3.72. The maximum atomic E-state index is 14.2. The van der Waals surface area contributed by atoms with Crippen molar-refractivity contribution < 1.29 is 45.1 Å². The number of carbonyl (C=O) groups is 2. The highest BCUT2D eigenvalue weighted by molar-refractivity contribution is 7.90. The lowest BCUT2D eigenvalue weighted by Gasteiger charge is -2.42. The number of ether oxygens (including phenoxy) is 2. The van der Waals surface area contributed by atoms with Crippen LogP contribution in [0.2, 0.25) is 23.3 Å². The maximum absolute atomic E-state index is 14.2. The Kier molecular flexibility index (Phi) is 13.9. The Balaban J connectivity index is 1.14. The summed E-state index contributed by atoms with van der Waals surface area (Å²) in [5, 5.41) is 6.47. The van der Waals surface area contributed by atoms with Gasteiger partial charge in [-0.05, 0) is 115 Å². The van der Waals surface area contributed by atoms with Gasteiger partial charge in [0.05, 0.1) is 23.7 Å². The van der Waals surface area contributed by atoms with Crippen LogP contribution in [-0.4, -0.2) is 96.5 Å². The van der Waals surface area contributed by atoms with Gasteiger partial charge in [0, 0.05) is 37.3 Å². The first-order chi connectivity index (χ1) is 28.0. The molecule has 0 radical (unpaired) electrons. The van der Waals surface area contributed by atoms with E-state index in [1.807, 2.05) is 73.2 Å². The van der Waals surface area contributed by atoms with Crippen molar-refractivity contribution in [2.45, 2.75) is 140 Å². The predicted octanol–water partition coefficient (Wildman–Crippen LogP) is 9.16. The Morgan fingerprint density at radius 2 is 1.72 bits per heavy atom. The van der Waals surface area contributed by atoms with E-state index in [-0.39, 0.29) is 75.9 Å². The fourth-order valence-electron chi connectivity index (χ4n) is 7.13. The molecule has 3 aromatic heterocycles. The first kappa shape index (κ1) is 48.1. The quantitative estimate of drug-likeness (QED) is 0.0799. The maximum Gasteiger partial charge on any atom is 0.410 e. The number of sulfonamides is 1. The lowest BCUT2D eigenvalue weighted by Crippen LogP contribution is -2.49. The molecule has 0 aromatic carbocycles. The van der Waals surface area contributed by atoms with Gasteiger partial charge in [-0.15, -0.1) is 5.10 Å². The molecular formula is C41H59ClF3N7O7SSi. The predicted molar refractivity (Wildman–Crippen MR) is 228 cm³/mol. The van der Waals surface area contributed by atoms with E-state index in [2.05, 4.69) is 20.4 Å². The third-order valence-electron chi connectivity index (χ3n) is 11.6. The molecule has 20 heteroatoms. The van der Waals surface area contributed by atoms with Gasteiger partial charge in [-0.25, -0.2) is 24.2 Å². The van der Waals surface area contributed by atoms with Crippen LogP contribution in [0.15, 0.2) is 47.6 Å². The molecule has 2 atom stereocenters. The lowest BCUT2D eigenvalue weighted by molar-refractivity contribution is -0.213. The van der Waals surface area contributed by atoms with Crippen LogP contribution in [0.5, 0.6) is 5.88 Å². The van der Waals surface area contributed by atoms with Gasteiger partial charge in [0.25, 0.3) is 15.9 Å². The molecule has 0 spiro atoms. The van der Waals surface area contributed by atoms with Gasteiger partial charge in [0.15, 0.2) is 19.2 Å². The van der Waals surface area contributed by atoms with Crippen molar-refractivity contribution in [2.24, 2.45) is 11.3 Å². The molecule has 61 heavy (non-hydrogen) atoms. The molecule has 1 saturated heterocycles. The molecule has 338 valence electrons. The van der Waals surface area contributed by atoms with E-state index in [9.17, 15) is 31.2 Å². The van der Waals surface area contributed by atoms with Crippen molar-refractivity contribution in [2.75, 3.05) is 25.0 Å². The summed E-state index contributed by atoms with van der Waals surface area (Å²) in [7, 11) is -6.96. The highest BCUT2D eigenvalue weighted by Crippen LogP contribution is 2.62. The minimum Gasteiger partial charge on any atom is -0.476 e. The summed E-state index contributed by atoms with van der Waals surface area (Å²) in [5.41, 5.74) is -3.03. The third kappa shape index (κ3) is 11.8. The van der Waals surface area contributed by atoms with Gasteiger partial charge in [0.1, 0.15) is 16.6 Å². The second-order valence-electron chi connectivity index (χ2n) is 19.1. The zero-order chi connectivity index (χ0) is 45.4. The highest BCUT2D eigenvalue weighted by Gasteiger charge is 2.68. The van der Waals surface area contributed by atoms with Crippen LogP contribution in [0.1, 0.15) is 104 Å². The van der Waals surface area contributed by atoms with Gasteiger partial charge in [-0.1, -0.05) is 38.4 Å². The van der Waals surface area contributed by atoms with E-state index in [0.717, 1.165) is 19.3 Å². The smallest absolute Gasteiger partial charge is 0.410 e. The molecule has 2 fully saturated rings. The molecule has 14 nitrogen and oxygen atoms in total. The average molecular weight is 915 g/mol. The summed E-state index contributed by atoms with van der Waals surface area (Å²) in [6, 6.07) is 8.58. The van der Waals surface area contributed by atoms with Crippen molar-refractivity contribution in [3.63, 3.8) is 0 Å². The zero-order valence-electron chi connectivity index (χ0n) is 36.6. The number of aromatic nitrogens is 4. The Bertz CT molecular complexity index is 2170. The molecule has 5 rings (SSSR count). The molecule has 4 heterocycles. The molecule has 2 N–H and O–H groups in total. The molecule has 2 amide bonds. The van der Waals surface area contributed by atoms with Crippen molar-refractivity contribution in [3.8, 4) is 11.7 Å². The van der Waals surface area contributed by atoms with Crippen LogP contribution >= 0.6 is 11.6 Å². The zero-order valence-corrected chi connectivity index (χ0v) is 39.1. The number of nitrogens with one attached hydrogen (secondary N) is 2. The number of nitrogens with zero attached hydrogens (tertiary/aromatic N) is 5. The Labute approximate surface area is 362 Å². The molecule has 1 saturated carbocycles. The van der Waals surface area contributed by atoms with Crippen molar-refractivity contribution in [3.05, 3.63) is 53.3 Å². The van der Waals surface area contributed by atoms with Crippen molar-refractivity contribution in [1.82, 2.24) is 29.4 Å². The summed E-state index contributed by atoms with van der Waals surface area (Å²) in [5.74, 6) is -0.159. The standard InChI is InChI=1S/C41H59ClF3N7O7SSi/c1-37(2,3)58-36(54)51-26-27(25-39(51,7)8)13-12-22-46-30-14-11-15-33(47-30)60(55,56)50-35(53)28-16-17-31(48-34(28)42)52-23-18-32(49-52)57-24-19-29(40(20-21-40)41(43,44)45)59-61(9,10)38(4,5)6/h11,14-18,23,27,29H,12-13,19-22,24-26H2,1-10H3,(H,46,47)(H,50,53)/t27-,29?/m0/s1. The van der Waals surface area contributed by atoms with Crippen molar-refractivity contribution in [1.29, 1.82) is 0 Å². The van der Waals surface area contributed by atoms with Crippen molar-refractivity contribution >= 4 is 47.8 Å². The van der Waals surface area contributed by atoms with E-state index < -0.39 is 47.5 Å². The Morgan fingerprint density at radius 3 is 2.33 bits per heavy atom. The number of likely N-dealkylation sites (tertiary alicyclic amines) is 1. The van der Waals surface area contributed by atoms with Gasteiger partial charge in [-0.2, -0.15) is 21.6 Å². The van der Waals surface area contributed by atoms with E-state index in [1.165, 1.54) is 41.2 Å². The first-order valence-electron chi connectivity index (χ1n) is 20.4. The number of hydrogen-bond donors (Lipinski definition) is 2. The lowest BCUT2D eigenvalue weighted by atomic mass is 9.93. The van der Waals surface area contributed by atoms with Gasteiger partial charge < -0.3 is 24.1 Å². The van der Waals surface area contributed by atoms with Crippen LogP contribution in [0, 0.1) is 11.3 Å². The number of amides is 2. The summed E-state index contributed by atoms with van der Waals surface area (Å²) in [6.45, 7) is 20.4. The summed E-state index contributed by atoms with van der Waals surface area (Å²) in [4.78, 5) is 36.1. The number of rotatable bonds is 16. The number of hydrogen-bond acceptors (Lipinski definition) is 11. The minimum atomic E-state index is -4.43.